The first kappa shape index (κ1) is 18.6. The van der Waals surface area contributed by atoms with Crippen LogP contribution >= 0.6 is 23.1 Å². The highest BCUT2D eigenvalue weighted by Crippen LogP contribution is 2.32. The molecule has 0 atom stereocenters. The van der Waals surface area contributed by atoms with E-state index in [4.69, 9.17) is 0 Å². The van der Waals surface area contributed by atoms with Crippen LogP contribution in [0.15, 0.2) is 46.3 Å². The smallest absolute Gasteiger partial charge is 0.326 e. The molecule has 0 unspecified atom stereocenters. The molecule has 2 amide bonds. The maximum absolute atomic E-state index is 12.7. The Kier molecular flexibility index (Phi) is 5.68. The molecule has 1 saturated carbocycles. The zero-order chi connectivity index (χ0) is 19.3. The molecule has 3 heterocycles. The second-order valence-corrected chi connectivity index (χ2v) is 8.62. The molecule has 3 aromatic rings. The van der Waals surface area contributed by atoms with Crippen molar-refractivity contribution >= 4 is 45.9 Å². The number of carbonyl (C=O) groups is 2. The number of hydrogen-bond acceptors (Lipinski definition) is 7. The summed E-state index contributed by atoms with van der Waals surface area (Å²) in [7, 11) is 0. The third-order valence-corrected chi connectivity index (χ3v) is 6.34. The second kappa shape index (κ2) is 8.53. The Morgan fingerprint density at radius 2 is 2.00 bits per heavy atom. The van der Waals surface area contributed by atoms with Crippen LogP contribution in [0.1, 0.15) is 36.0 Å². The topological polar surface area (TPSA) is 113 Å². The number of H-pyrrole nitrogens is 1. The average Bonchev–Trinajstić information content (AvgIpc) is 3.45. The van der Waals surface area contributed by atoms with Gasteiger partial charge in [-0.25, -0.2) is 19.7 Å². The van der Waals surface area contributed by atoms with Gasteiger partial charge in [0.15, 0.2) is 16.1 Å². The summed E-state index contributed by atoms with van der Waals surface area (Å²) in [6.07, 6.45) is 10.6. The highest BCUT2D eigenvalue weighted by atomic mass is 32.2. The first-order chi connectivity index (χ1) is 13.7. The van der Waals surface area contributed by atoms with Crippen LogP contribution in [0.3, 0.4) is 0 Å². The number of Topliss-reactive ketones (excluding diaryl/α,β-unsaturated/α-hetero) is 1. The monoisotopic (exact) mass is 414 g/mol. The number of hydrogen-bond donors (Lipinski definition) is 3. The number of imidazole rings is 1. The Bertz CT molecular complexity index is 966. The first-order valence-corrected chi connectivity index (χ1v) is 10.5. The zero-order valence-electron chi connectivity index (χ0n) is 14.8. The molecule has 144 valence electrons. The van der Waals surface area contributed by atoms with Crippen molar-refractivity contribution < 1.29 is 9.59 Å². The van der Waals surface area contributed by atoms with E-state index >= 15 is 0 Å². The maximum Gasteiger partial charge on any atom is 0.326 e. The van der Waals surface area contributed by atoms with Crippen LogP contribution in [-0.4, -0.2) is 31.8 Å². The van der Waals surface area contributed by atoms with E-state index in [0.717, 1.165) is 35.0 Å². The van der Waals surface area contributed by atoms with Gasteiger partial charge in [0.1, 0.15) is 5.82 Å². The van der Waals surface area contributed by atoms with E-state index < -0.39 is 6.03 Å². The van der Waals surface area contributed by atoms with E-state index in [1.54, 1.807) is 36.9 Å². The number of nitrogens with zero attached hydrogens (tertiary/aromatic N) is 3. The van der Waals surface area contributed by atoms with Gasteiger partial charge in [-0.3, -0.25) is 15.4 Å². The number of anilines is 2. The van der Waals surface area contributed by atoms with Crippen LogP contribution < -0.4 is 10.6 Å². The van der Waals surface area contributed by atoms with Gasteiger partial charge >= 0.3 is 6.03 Å². The van der Waals surface area contributed by atoms with Crippen molar-refractivity contribution in [3.8, 4) is 0 Å². The lowest BCUT2D eigenvalue weighted by Gasteiger charge is -2.12. The van der Waals surface area contributed by atoms with Gasteiger partial charge in [0, 0.05) is 24.5 Å². The molecule has 3 N–H and O–H groups in total. The molecular weight excluding hydrogens is 396 g/mol. The number of amides is 2. The fourth-order valence-corrected chi connectivity index (χ4v) is 4.84. The number of rotatable bonds is 6. The SMILES string of the molecule is O=C(Nc1ncc(Sc2ncc[nH]2)s1)Nc1ncccc1C(=O)C1CCCC1. The van der Waals surface area contributed by atoms with E-state index in [9.17, 15) is 9.59 Å². The summed E-state index contributed by atoms with van der Waals surface area (Å²) >= 11 is 2.76. The van der Waals surface area contributed by atoms with Crippen molar-refractivity contribution in [3.05, 3.63) is 42.5 Å². The number of pyridine rings is 1. The summed E-state index contributed by atoms with van der Waals surface area (Å²) < 4.78 is 0.889. The molecule has 3 aromatic heterocycles. The van der Waals surface area contributed by atoms with Gasteiger partial charge in [0.2, 0.25) is 0 Å². The van der Waals surface area contributed by atoms with Gasteiger partial charge in [-0.05, 0) is 36.7 Å². The lowest BCUT2D eigenvalue weighted by atomic mass is 9.97. The Morgan fingerprint density at radius 1 is 1.14 bits per heavy atom. The number of urea groups is 1. The largest absolute Gasteiger partial charge is 0.339 e. The quantitative estimate of drug-likeness (QED) is 0.514. The van der Waals surface area contributed by atoms with Crippen LogP contribution in [0.4, 0.5) is 15.7 Å². The minimum absolute atomic E-state index is 0.0213. The summed E-state index contributed by atoms with van der Waals surface area (Å²) in [4.78, 5) is 40.6. The number of aromatic nitrogens is 4. The standard InChI is InChI=1S/C18H18N6O2S2/c25-14(11-4-1-2-5-11)12-6-3-7-19-15(12)23-16(26)24-18-22-10-13(28-18)27-17-20-8-9-21-17/h3,6-11H,1-2,4-5H2,(H,20,21)(H2,19,22,23,24,26). The minimum atomic E-state index is -0.483. The normalized spacial score (nSPS) is 14.1. The molecule has 0 aliphatic heterocycles. The zero-order valence-corrected chi connectivity index (χ0v) is 16.5. The summed E-state index contributed by atoms with van der Waals surface area (Å²) in [5.74, 6) is 0.346. The Hall–Kier alpha value is -2.72. The Morgan fingerprint density at radius 3 is 2.79 bits per heavy atom. The third kappa shape index (κ3) is 4.39. The molecule has 1 aliphatic carbocycles. The molecule has 0 bridgehead atoms. The average molecular weight is 415 g/mol. The number of nitrogens with one attached hydrogen (secondary N) is 3. The minimum Gasteiger partial charge on any atom is -0.339 e. The summed E-state index contributed by atoms with van der Waals surface area (Å²) in [6, 6.07) is 2.94. The fourth-order valence-electron chi connectivity index (χ4n) is 3.11. The van der Waals surface area contributed by atoms with Crippen LogP contribution in [0.25, 0.3) is 0 Å². The molecule has 0 spiro atoms. The van der Waals surface area contributed by atoms with Crippen molar-refractivity contribution in [2.45, 2.75) is 35.0 Å². The van der Waals surface area contributed by atoms with Crippen LogP contribution in [0.5, 0.6) is 0 Å². The Balaban J connectivity index is 1.40. The van der Waals surface area contributed by atoms with Crippen molar-refractivity contribution in [3.63, 3.8) is 0 Å². The van der Waals surface area contributed by atoms with Gasteiger partial charge in [-0.2, -0.15) is 0 Å². The summed E-state index contributed by atoms with van der Waals surface area (Å²) in [5, 5.41) is 6.57. The van der Waals surface area contributed by atoms with Crippen molar-refractivity contribution in [2.75, 3.05) is 10.6 Å². The fraction of sp³-hybridized carbons (Fsp3) is 0.278. The second-order valence-electron chi connectivity index (χ2n) is 6.31. The van der Waals surface area contributed by atoms with Gasteiger partial charge in [-0.15, -0.1) is 0 Å². The number of thiazole rings is 1. The molecule has 0 radical (unpaired) electrons. The highest BCUT2D eigenvalue weighted by Gasteiger charge is 2.26. The van der Waals surface area contributed by atoms with E-state index in [1.807, 2.05) is 0 Å². The third-order valence-electron chi connectivity index (χ3n) is 4.41. The maximum atomic E-state index is 12.7. The van der Waals surface area contributed by atoms with E-state index in [1.165, 1.54) is 23.1 Å². The summed E-state index contributed by atoms with van der Waals surface area (Å²) in [5.41, 5.74) is 0.456. The lowest BCUT2D eigenvalue weighted by molar-refractivity contribution is 0.0923. The van der Waals surface area contributed by atoms with Gasteiger partial charge in [0.05, 0.1) is 16.0 Å². The molecule has 10 heteroatoms. The molecule has 1 fully saturated rings. The molecular formula is C18H18N6O2S2. The first-order valence-electron chi connectivity index (χ1n) is 8.89. The lowest BCUT2D eigenvalue weighted by Crippen LogP contribution is -2.23. The van der Waals surface area contributed by atoms with Gasteiger partial charge in [0.25, 0.3) is 0 Å². The number of carbonyl (C=O) groups excluding carboxylic acids is 2. The molecule has 4 rings (SSSR count). The molecule has 1 aliphatic rings. The van der Waals surface area contributed by atoms with Crippen LogP contribution in [0, 0.1) is 5.92 Å². The van der Waals surface area contributed by atoms with Gasteiger partial charge in [-0.1, -0.05) is 24.2 Å². The van der Waals surface area contributed by atoms with E-state index in [0.29, 0.717) is 10.7 Å². The van der Waals surface area contributed by atoms with Crippen molar-refractivity contribution in [2.24, 2.45) is 5.92 Å². The number of aromatic amines is 1. The van der Waals surface area contributed by atoms with E-state index in [2.05, 4.69) is 30.6 Å². The summed E-state index contributed by atoms with van der Waals surface area (Å²) in [6.45, 7) is 0. The van der Waals surface area contributed by atoms with Crippen LogP contribution in [0.2, 0.25) is 0 Å². The van der Waals surface area contributed by atoms with Crippen LogP contribution in [-0.2, 0) is 0 Å². The molecule has 28 heavy (non-hydrogen) atoms. The van der Waals surface area contributed by atoms with Gasteiger partial charge < -0.3 is 4.98 Å². The van der Waals surface area contributed by atoms with Crippen molar-refractivity contribution in [1.29, 1.82) is 0 Å². The molecule has 0 saturated heterocycles. The molecule has 0 aromatic carbocycles. The highest BCUT2D eigenvalue weighted by molar-refractivity contribution is 8.01. The van der Waals surface area contributed by atoms with E-state index in [-0.39, 0.29) is 17.5 Å². The number of ketones is 1. The molecule has 8 nitrogen and oxygen atoms in total. The van der Waals surface area contributed by atoms with Crippen molar-refractivity contribution in [1.82, 2.24) is 19.9 Å². The Labute approximate surface area is 169 Å². The predicted octanol–water partition coefficient (Wildman–Crippen LogP) is 4.43. The predicted molar refractivity (Wildman–Crippen MR) is 108 cm³/mol.